The summed E-state index contributed by atoms with van der Waals surface area (Å²) < 4.78 is 0. The standard InChI is InChI=1S/C11H17N3O4/c1-3-7(2)12-8(15)4-5-14-10(17)6-9(16)13-11(14)18/h7H,3-6H2,1-2H3,(H,12,15)(H,13,16,18). The molecule has 1 aliphatic heterocycles. The van der Waals surface area contributed by atoms with Crippen LogP contribution in [0.2, 0.25) is 0 Å². The maximum atomic E-state index is 11.5. The Labute approximate surface area is 105 Å². The first kappa shape index (κ1) is 14.1. The van der Waals surface area contributed by atoms with E-state index in [0.29, 0.717) is 0 Å². The fourth-order valence-electron chi connectivity index (χ4n) is 1.47. The lowest BCUT2D eigenvalue weighted by molar-refractivity contribution is -0.136. The molecule has 1 heterocycles. The Morgan fingerprint density at radius 1 is 1.44 bits per heavy atom. The fourth-order valence-corrected chi connectivity index (χ4v) is 1.47. The number of imide groups is 2. The zero-order valence-corrected chi connectivity index (χ0v) is 10.5. The van der Waals surface area contributed by atoms with Crippen molar-refractivity contribution in [3.8, 4) is 0 Å². The van der Waals surface area contributed by atoms with Gasteiger partial charge in [-0.1, -0.05) is 6.92 Å². The van der Waals surface area contributed by atoms with Crippen LogP contribution in [-0.2, 0) is 14.4 Å². The molecule has 0 bridgehead atoms. The fraction of sp³-hybridized carbons (Fsp3) is 0.636. The summed E-state index contributed by atoms with van der Waals surface area (Å²) in [4.78, 5) is 46.0. The van der Waals surface area contributed by atoms with E-state index >= 15 is 0 Å². The summed E-state index contributed by atoms with van der Waals surface area (Å²) in [5, 5.41) is 4.76. The zero-order chi connectivity index (χ0) is 13.7. The van der Waals surface area contributed by atoms with E-state index < -0.39 is 17.8 Å². The van der Waals surface area contributed by atoms with Gasteiger partial charge < -0.3 is 5.32 Å². The molecule has 0 aromatic carbocycles. The van der Waals surface area contributed by atoms with E-state index in [1.54, 1.807) is 0 Å². The molecule has 1 rings (SSSR count). The second kappa shape index (κ2) is 6.13. The summed E-state index contributed by atoms with van der Waals surface area (Å²) in [6.45, 7) is 3.80. The molecule has 0 aromatic rings. The van der Waals surface area contributed by atoms with Crippen molar-refractivity contribution in [1.29, 1.82) is 0 Å². The van der Waals surface area contributed by atoms with E-state index in [1.165, 1.54) is 0 Å². The number of carbonyl (C=O) groups is 4. The normalized spacial score (nSPS) is 17.4. The molecule has 1 saturated heterocycles. The van der Waals surface area contributed by atoms with Gasteiger partial charge in [-0.05, 0) is 13.3 Å². The number of urea groups is 1. The molecule has 2 N–H and O–H groups in total. The maximum Gasteiger partial charge on any atom is 0.330 e. The summed E-state index contributed by atoms with van der Waals surface area (Å²) in [6, 6.07) is -0.697. The Balaban J connectivity index is 2.43. The quantitative estimate of drug-likeness (QED) is 0.663. The molecular formula is C11H17N3O4. The van der Waals surface area contributed by atoms with E-state index in [9.17, 15) is 19.2 Å². The number of barbiturate groups is 1. The van der Waals surface area contributed by atoms with Crippen LogP contribution in [0.15, 0.2) is 0 Å². The maximum absolute atomic E-state index is 11.5. The smallest absolute Gasteiger partial charge is 0.330 e. The molecule has 0 saturated carbocycles. The van der Waals surface area contributed by atoms with Gasteiger partial charge in [-0.15, -0.1) is 0 Å². The van der Waals surface area contributed by atoms with Gasteiger partial charge in [0.2, 0.25) is 17.7 Å². The molecule has 1 aliphatic rings. The minimum Gasteiger partial charge on any atom is -0.354 e. The first-order chi connectivity index (χ1) is 8.43. The molecule has 0 aromatic heterocycles. The molecule has 100 valence electrons. The number of nitrogens with zero attached hydrogens (tertiary/aromatic N) is 1. The molecule has 0 radical (unpaired) electrons. The van der Waals surface area contributed by atoms with E-state index in [1.807, 2.05) is 19.2 Å². The molecule has 7 heteroatoms. The third-order valence-electron chi connectivity index (χ3n) is 2.69. The van der Waals surface area contributed by atoms with E-state index in [-0.39, 0.29) is 31.3 Å². The summed E-state index contributed by atoms with van der Waals surface area (Å²) >= 11 is 0. The molecule has 0 aliphatic carbocycles. The van der Waals surface area contributed by atoms with Crippen LogP contribution < -0.4 is 10.6 Å². The molecule has 0 spiro atoms. The summed E-state index contributed by atoms with van der Waals surface area (Å²) in [7, 11) is 0. The first-order valence-electron chi connectivity index (χ1n) is 5.87. The van der Waals surface area contributed by atoms with Gasteiger partial charge in [-0.2, -0.15) is 0 Å². The van der Waals surface area contributed by atoms with Gasteiger partial charge in [0.15, 0.2) is 0 Å². The average molecular weight is 255 g/mol. The molecule has 1 atom stereocenters. The van der Waals surface area contributed by atoms with Crippen LogP contribution in [0.5, 0.6) is 0 Å². The van der Waals surface area contributed by atoms with Crippen LogP contribution in [-0.4, -0.2) is 41.2 Å². The largest absolute Gasteiger partial charge is 0.354 e. The molecule has 7 nitrogen and oxygen atoms in total. The monoisotopic (exact) mass is 255 g/mol. The van der Waals surface area contributed by atoms with Gasteiger partial charge in [0.1, 0.15) is 6.42 Å². The SMILES string of the molecule is CCC(C)NC(=O)CCN1C(=O)CC(=O)NC1=O. The van der Waals surface area contributed by atoms with Crippen LogP contribution >= 0.6 is 0 Å². The predicted octanol–water partition coefficient (Wildman–Crippen LogP) is -0.240. The van der Waals surface area contributed by atoms with Crippen LogP contribution in [0, 0.1) is 0 Å². The summed E-state index contributed by atoms with van der Waals surface area (Å²) in [5.41, 5.74) is 0. The van der Waals surface area contributed by atoms with Crippen molar-refractivity contribution in [3.05, 3.63) is 0 Å². The van der Waals surface area contributed by atoms with Crippen molar-refractivity contribution in [2.75, 3.05) is 6.54 Å². The Hall–Kier alpha value is -1.92. The number of nitrogens with one attached hydrogen (secondary N) is 2. The number of hydrogen-bond acceptors (Lipinski definition) is 4. The predicted molar refractivity (Wildman–Crippen MR) is 62.4 cm³/mol. The van der Waals surface area contributed by atoms with Gasteiger partial charge in [-0.3, -0.25) is 24.6 Å². The van der Waals surface area contributed by atoms with Crippen LogP contribution in [0.3, 0.4) is 0 Å². The Morgan fingerprint density at radius 2 is 2.11 bits per heavy atom. The zero-order valence-electron chi connectivity index (χ0n) is 10.5. The van der Waals surface area contributed by atoms with Crippen molar-refractivity contribution in [1.82, 2.24) is 15.5 Å². The van der Waals surface area contributed by atoms with Crippen LogP contribution in [0.1, 0.15) is 33.1 Å². The topological polar surface area (TPSA) is 95.6 Å². The van der Waals surface area contributed by atoms with Gasteiger partial charge in [0.05, 0.1) is 0 Å². The Kier molecular flexibility index (Phi) is 4.82. The number of carbonyl (C=O) groups excluding carboxylic acids is 4. The highest BCUT2D eigenvalue weighted by Gasteiger charge is 2.30. The van der Waals surface area contributed by atoms with E-state index in [0.717, 1.165) is 11.3 Å². The number of hydrogen-bond donors (Lipinski definition) is 2. The number of rotatable bonds is 5. The minimum atomic E-state index is -0.757. The number of amides is 5. The Bertz CT molecular complexity index is 360. The lowest BCUT2D eigenvalue weighted by Crippen LogP contribution is -2.53. The average Bonchev–Trinajstić information content (AvgIpc) is 2.27. The summed E-state index contributed by atoms with van der Waals surface area (Å²) in [6.07, 6.45) is 0.500. The van der Waals surface area contributed by atoms with Gasteiger partial charge in [0.25, 0.3) is 0 Å². The lowest BCUT2D eigenvalue weighted by atomic mass is 10.2. The van der Waals surface area contributed by atoms with Crippen molar-refractivity contribution in [3.63, 3.8) is 0 Å². The highest BCUT2D eigenvalue weighted by atomic mass is 16.2. The van der Waals surface area contributed by atoms with Gasteiger partial charge in [0, 0.05) is 19.0 Å². The lowest BCUT2D eigenvalue weighted by Gasteiger charge is -2.24. The van der Waals surface area contributed by atoms with Crippen molar-refractivity contribution in [2.45, 2.75) is 39.2 Å². The molecular weight excluding hydrogens is 238 g/mol. The summed E-state index contributed by atoms with van der Waals surface area (Å²) in [5.74, 6) is -1.40. The molecule has 1 unspecified atom stereocenters. The van der Waals surface area contributed by atoms with Crippen molar-refractivity contribution < 1.29 is 19.2 Å². The highest BCUT2D eigenvalue weighted by Crippen LogP contribution is 2.03. The molecule has 1 fully saturated rings. The van der Waals surface area contributed by atoms with Gasteiger partial charge >= 0.3 is 6.03 Å². The molecule has 18 heavy (non-hydrogen) atoms. The van der Waals surface area contributed by atoms with Crippen LogP contribution in [0.4, 0.5) is 4.79 Å². The second-order valence-electron chi connectivity index (χ2n) is 4.20. The third-order valence-corrected chi connectivity index (χ3v) is 2.69. The van der Waals surface area contributed by atoms with Crippen molar-refractivity contribution in [2.24, 2.45) is 0 Å². The van der Waals surface area contributed by atoms with E-state index in [4.69, 9.17) is 0 Å². The van der Waals surface area contributed by atoms with E-state index in [2.05, 4.69) is 5.32 Å². The molecule has 5 amide bonds. The van der Waals surface area contributed by atoms with Gasteiger partial charge in [-0.25, -0.2) is 4.79 Å². The van der Waals surface area contributed by atoms with Crippen molar-refractivity contribution >= 4 is 23.8 Å². The Morgan fingerprint density at radius 3 is 2.67 bits per heavy atom. The highest BCUT2D eigenvalue weighted by molar-refractivity contribution is 6.14. The first-order valence-corrected chi connectivity index (χ1v) is 5.87. The third kappa shape index (κ3) is 3.83. The van der Waals surface area contributed by atoms with Crippen LogP contribution in [0.25, 0.3) is 0 Å². The minimum absolute atomic E-state index is 0.0137. The second-order valence-corrected chi connectivity index (χ2v) is 4.20.